The zero-order chi connectivity index (χ0) is 14.7. The number of hydrogen-bond donors (Lipinski definition) is 2. The smallest absolute Gasteiger partial charge is 0.265 e. The van der Waals surface area contributed by atoms with Crippen molar-refractivity contribution in [2.24, 2.45) is 5.92 Å². The van der Waals surface area contributed by atoms with E-state index in [1.54, 1.807) is 0 Å². The van der Waals surface area contributed by atoms with Gasteiger partial charge in [-0.25, -0.2) is 4.98 Å². The number of nitrogens with one attached hydrogen (secondary N) is 1. The van der Waals surface area contributed by atoms with E-state index < -0.39 is 0 Å². The van der Waals surface area contributed by atoms with Crippen LogP contribution in [0.1, 0.15) is 54.6 Å². The molecule has 1 saturated heterocycles. The molecule has 0 radical (unpaired) electrons. The minimum atomic E-state index is -0.0624. The third-order valence-corrected chi connectivity index (χ3v) is 5.67. The van der Waals surface area contributed by atoms with E-state index in [9.17, 15) is 4.79 Å². The summed E-state index contributed by atoms with van der Waals surface area (Å²) in [5.74, 6) is 1.13. The molecule has 0 bridgehead atoms. The quantitative estimate of drug-likeness (QED) is 0.877. The Labute approximate surface area is 129 Å². The molecule has 5 nitrogen and oxygen atoms in total. The monoisotopic (exact) mass is 308 g/mol. The molecule has 2 fully saturated rings. The Morgan fingerprint density at radius 3 is 2.71 bits per heavy atom. The van der Waals surface area contributed by atoms with Gasteiger partial charge in [0.1, 0.15) is 10.7 Å². The number of anilines is 2. The Hall–Kier alpha value is -1.30. The van der Waals surface area contributed by atoms with Crippen LogP contribution in [0.5, 0.6) is 0 Å². The fourth-order valence-electron chi connectivity index (χ4n) is 2.95. The topological polar surface area (TPSA) is 71.2 Å². The highest BCUT2D eigenvalue weighted by Crippen LogP contribution is 2.31. The largest absolute Gasteiger partial charge is 0.382 e. The molecule has 2 heterocycles. The number of piperidine rings is 1. The summed E-state index contributed by atoms with van der Waals surface area (Å²) < 4.78 is 0. The molecule has 0 unspecified atom stereocenters. The molecular formula is C15H24N4OS. The first-order chi connectivity index (χ1) is 10.2. The average Bonchev–Trinajstić information content (AvgIpc) is 2.84. The molecule has 0 spiro atoms. The molecule has 1 saturated carbocycles. The number of carbonyl (C=O) groups is 1. The van der Waals surface area contributed by atoms with Gasteiger partial charge in [0.2, 0.25) is 0 Å². The molecule has 1 aliphatic heterocycles. The van der Waals surface area contributed by atoms with Crippen LogP contribution in [0.2, 0.25) is 0 Å². The minimum Gasteiger partial charge on any atom is -0.382 e. The van der Waals surface area contributed by atoms with Gasteiger partial charge in [-0.05, 0) is 31.6 Å². The molecule has 2 aliphatic rings. The first kappa shape index (κ1) is 14.6. The molecular weight excluding hydrogens is 284 g/mol. The van der Waals surface area contributed by atoms with Gasteiger partial charge in [0, 0.05) is 19.6 Å². The maximum Gasteiger partial charge on any atom is 0.265 e. The molecule has 116 valence electrons. The first-order valence-electron chi connectivity index (χ1n) is 8.03. The van der Waals surface area contributed by atoms with Crippen LogP contribution in [-0.4, -0.2) is 30.5 Å². The van der Waals surface area contributed by atoms with Crippen molar-refractivity contribution in [1.82, 2.24) is 10.3 Å². The van der Waals surface area contributed by atoms with E-state index in [0.717, 1.165) is 37.1 Å². The minimum absolute atomic E-state index is 0.0624. The molecule has 0 aromatic carbocycles. The molecule has 1 aliphatic carbocycles. The van der Waals surface area contributed by atoms with Crippen molar-refractivity contribution in [2.45, 2.75) is 44.9 Å². The molecule has 1 aromatic rings. The maximum atomic E-state index is 12.2. The van der Waals surface area contributed by atoms with Crippen molar-refractivity contribution in [3.8, 4) is 0 Å². The van der Waals surface area contributed by atoms with E-state index in [2.05, 4.69) is 15.2 Å². The van der Waals surface area contributed by atoms with Gasteiger partial charge in [0.15, 0.2) is 5.13 Å². The van der Waals surface area contributed by atoms with Gasteiger partial charge in [-0.15, -0.1) is 0 Å². The standard InChI is InChI=1S/C15H24N4OS/c16-13-12(14(20)17-8-7-11-5-4-6-11)21-15(18-13)19-9-2-1-3-10-19/h11H,1-10,16H2,(H,17,20). The van der Waals surface area contributed by atoms with Gasteiger partial charge in [-0.1, -0.05) is 30.6 Å². The van der Waals surface area contributed by atoms with Crippen molar-refractivity contribution in [3.05, 3.63) is 4.88 Å². The highest BCUT2D eigenvalue weighted by molar-refractivity contribution is 7.18. The Kier molecular flexibility index (Phi) is 4.63. The number of nitrogen functional groups attached to an aromatic ring is 1. The zero-order valence-electron chi connectivity index (χ0n) is 12.4. The summed E-state index contributed by atoms with van der Waals surface area (Å²) in [6.07, 6.45) is 8.75. The molecule has 0 atom stereocenters. The van der Waals surface area contributed by atoms with Crippen LogP contribution in [0, 0.1) is 5.92 Å². The summed E-state index contributed by atoms with van der Waals surface area (Å²) in [5, 5.41) is 3.89. The van der Waals surface area contributed by atoms with E-state index >= 15 is 0 Å². The number of nitrogens with two attached hydrogens (primary N) is 1. The predicted octanol–water partition coefficient (Wildman–Crippen LogP) is 2.64. The van der Waals surface area contributed by atoms with Crippen LogP contribution in [-0.2, 0) is 0 Å². The average molecular weight is 308 g/mol. The molecule has 3 N–H and O–H groups in total. The van der Waals surface area contributed by atoms with E-state index in [1.807, 2.05) is 0 Å². The summed E-state index contributed by atoms with van der Waals surface area (Å²) in [4.78, 5) is 19.4. The lowest BCUT2D eigenvalue weighted by Crippen LogP contribution is -2.29. The van der Waals surface area contributed by atoms with E-state index in [1.165, 1.54) is 49.9 Å². The summed E-state index contributed by atoms with van der Waals surface area (Å²) in [6.45, 7) is 2.80. The summed E-state index contributed by atoms with van der Waals surface area (Å²) in [6, 6.07) is 0. The number of aromatic nitrogens is 1. The van der Waals surface area contributed by atoms with Gasteiger partial charge in [0.05, 0.1) is 0 Å². The Bertz CT molecular complexity index is 492. The van der Waals surface area contributed by atoms with E-state index in [-0.39, 0.29) is 5.91 Å². The number of nitrogens with zero attached hydrogens (tertiary/aromatic N) is 2. The van der Waals surface area contributed by atoms with Crippen LogP contribution in [0.25, 0.3) is 0 Å². The van der Waals surface area contributed by atoms with E-state index in [0.29, 0.717) is 10.7 Å². The number of thiazole rings is 1. The Morgan fingerprint density at radius 2 is 2.05 bits per heavy atom. The lowest BCUT2D eigenvalue weighted by atomic mass is 9.83. The number of amides is 1. The SMILES string of the molecule is Nc1nc(N2CCCCC2)sc1C(=O)NCCC1CCC1. The van der Waals surface area contributed by atoms with Gasteiger partial charge < -0.3 is 16.0 Å². The molecule has 21 heavy (non-hydrogen) atoms. The van der Waals surface area contributed by atoms with Crippen molar-refractivity contribution < 1.29 is 4.79 Å². The second kappa shape index (κ2) is 6.64. The summed E-state index contributed by atoms with van der Waals surface area (Å²) >= 11 is 1.43. The van der Waals surface area contributed by atoms with Crippen LogP contribution < -0.4 is 16.0 Å². The molecule has 3 rings (SSSR count). The van der Waals surface area contributed by atoms with Crippen LogP contribution >= 0.6 is 11.3 Å². The first-order valence-corrected chi connectivity index (χ1v) is 8.85. The number of carbonyl (C=O) groups excluding carboxylic acids is 1. The van der Waals surface area contributed by atoms with Gasteiger partial charge >= 0.3 is 0 Å². The van der Waals surface area contributed by atoms with Crippen molar-refractivity contribution in [2.75, 3.05) is 30.3 Å². The highest BCUT2D eigenvalue weighted by atomic mass is 32.1. The third-order valence-electron chi connectivity index (χ3n) is 4.54. The fourth-order valence-corrected chi connectivity index (χ4v) is 3.91. The van der Waals surface area contributed by atoms with Crippen LogP contribution in [0.4, 0.5) is 10.9 Å². The second-order valence-electron chi connectivity index (χ2n) is 6.10. The van der Waals surface area contributed by atoms with Crippen molar-refractivity contribution in [1.29, 1.82) is 0 Å². The lowest BCUT2D eigenvalue weighted by Gasteiger charge is -2.25. The summed E-state index contributed by atoms with van der Waals surface area (Å²) in [5.41, 5.74) is 5.93. The van der Waals surface area contributed by atoms with Crippen molar-refractivity contribution in [3.63, 3.8) is 0 Å². The number of rotatable bonds is 5. The van der Waals surface area contributed by atoms with Crippen molar-refractivity contribution >= 4 is 28.2 Å². The third kappa shape index (κ3) is 3.48. The lowest BCUT2D eigenvalue weighted by molar-refractivity contribution is 0.0953. The fraction of sp³-hybridized carbons (Fsp3) is 0.733. The normalized spacial score (nSPS) is 19.3. The molecule has 1 amide bonds. The van der Waals surface area contributed by atoms with Crippen LogP contribution in [0.15, 0.2) is 0 Å². The Balaban J connectivity index is 1.55. The van der Waals surface area contributed by atoms with Crippen LogP contribution in [0.3, 0.4) is 0 Å². The van der Waals surface area contributed by atoms with Gasteiger partial charge in [0.25, 0.3) is 5.91 Å². The molecule has 6 heteroatoms. The van der Waals surface area contributed by atoms with Gasteiger partial charge in [-0.2, -0.15) is 0 Å². The second-order valence-corrected chi connectivity index (χ2v) is 7.08. The molecule has 1 aromatic heterocycles. The summed E-state index contributed by atoms with van der Waals surface area (Å²) in [7, 11) is 0. The predicted molar refractivity (Wildman–Crippen MR) is 86.9 cm³/mol. The number of hydrogen-bond acceptors (Lipinski definition) is 5. The van der Waals surface area contributed by atoms with E-state index in [4.69, 9.17) is 5.73 Å². The van der Waals surface area contributed by atoms with Gasteiger partial charge in [-0.3, -0.25) is 4.79 Å². The maximum absolute atomic E-state index is 12.2. The zero-order valence-corrected chi connectivity index (χ0v) is 13.3. The highest BCUT2D eigenvalue weighted by Gasteiger charge is 2.21. The Morgan fingerprint density at radius 1 is 1.29 bits per heavy atom.